The Morgan fingerprint density at radius 3 is 2.24 bits per heavy atom. The third-order valence-corrected chi connectivity index (χ3v) is 6.47. The van der Waals surface area contributed by atoms with Gasteiger partial charge in [-0.1, -0.05) is 48.5 Å². The van der Waals surface area contributed by atoms with E-state index in [0.717, 1.165) is 22.3 Å². The van der Waals surface area contributed by atoms with Crippen LogP contribution >= 0.6 is 0 Å². The van der Waals surface area contributed by atoms with Gasteiger partial charge in [0, 0.05) is 31.3 Å². The van der Waals surface area contributed by atoms with Crippen molar-refractivity contribution in [3.05, 3.63) is 59.7 Å². The van der Waals surface area contributed by atoms with Crippen LogP contribution in [0.5, 0.6) is 0 Å². The third-order valence-electron chi connectivity index (χ3n) is 6.47. The van der Waals surface area contributed by atoms with Gasteiger partial charge in [-0.3, -0.25) is 9.59 Å². The van der Waals surface area contributed by atoms with E-state index < -0.39 is 36.4 Å². The van der Waals surface area contributed by atoms with Gasteiger partial charge in [-0.05, 0) is 35.1 Å². The van der Waals surface area contributed by atoms with Crippen molar-refractivity contribution in [1.29, 1.82) is 0 Å². The van der Waals surface area contributed by atoms with E-state index in [0.29, 0.717) is 0 Å². The molecule has 0 aromatic heterocycles. The van der Waals surface area contributed by atoms with Crippen LogP contribution < -0.4 is 5.32 Å². The van der Waals surface area contributed by atoms with Crippen molar-refractivity contribution >= 4 is 18.0 Å². The standard InChI is InChI=1S/C25H26F2N2O5/c26-23(27)15-11-12-29(13-15)24(32)21(9-10-22(30)31)28-25(33)34-14-20-18-7-3-1-5-16(18)17-6-2-4-8-19(17)20/h1-8,15,20-21,23H,9-14H2,(H,28,33)(H,30,31). The maximum absolute atomic E-state index is 13.0. The Morgan fingerprint density at radius 2 is 1.68 bits per heavy atom. The number of benzene rings is 2. The maximum Gasteiger partial charge on any atom is 0.407 e. The third kappa shape index (κ3) is 5.03. The molecule has 2 aromatic rings. The molecule has 34 heavy (non-hydrogen) atoms. The number of alkyl carbamates (subject to hydrolysis) is 1. The number of carbonyl (C=O) groups is 3. The number of nitrogens with zero attached hydrogens (tertiary/aromatic N) is 1. The van der Waals surface area contributed by atoms with Gasteiger partial charge in [0.2, 0.25) is 12.3 Å². The molecule has 1 heterocycles. The van der Waals surface area contributed by atoms with Crippen molar-refractivity contribution in [3.8, 4) is 11.1 Å². The predicted molar refractivity (Wildman–Crippen MR) is 120 cm³/mol. The minimum atomic E-state index is -2.54. The Hall–Kier alpha value is -3.49. The molecular formula is C25H26F2N2O5. The fourth-order valence-electron chi connectivity index (χ4n) is 4.72. The highest BCUT2D eigenvalue weighted by Crippen LogP contribution is 2.44. The molecule has 180 valence electrons. The Labute approximate surface area is 195 Å². The fraction of sp³-hybridized carbons (Fsp3) is 0.400. The summed E-state index contributed by atoms with van der Waals surface area (Å²) in [6.07, 6.45) is -3.74. The molecule has 0 spiro atoms. The molecule has 1 aliphatic carbocycles. The van der Waals surface area contributed by atoms with Gasteiger partial charge < -0.3 is 20.1 Å². The van der Waals surface area contributed by atoms with Crippen LogP contribution in [0.4, 0.5) is 13.6 Å². The molecule has 0 saturated carbocycles. The fourth-order valence-corrected chi connectivity index (χ4v) is 4.72. The second-order valence-corrected chi connectivity index (χ2v) is 8.62. The van der Waals surface area contributed by atoms with E-state index in [1.165, 1.54) is 4.90 Å². The molecule has 1 saturated heterocycles. The minimum Gasteiger partial charge on any atom is -0.481 e. The molecule has 0 bridgehead atoms. The lowest BCUT2D eigenvalue weighted by Gasteiger charge is -2.24. The van der Waals surface area contributed by atoms with Gasteiger partial charge in [-0.2, -0.15) is 0 Å². The second kappa shape index (κ2) is 10.2. The molecule has 1 fully saturated rings. The molecule has 4 rings (SSSR count). The molecule has 2 amide bonds. The van der Waals surface area contributed by atoms with Crippen LogP contribution in [-0.2, 0) is 14.3 Å². The summed E-state index contributed by atoms with van der Waals surface area (Å²) in [7, 11) is 0. The van der Waals surface area contributed by atoms with Crippen molar-refractivity contribution in [2.45, 2.75) is 37.6 Å². The van der Waals surface area contributed by atoms with E-state index in [9.17, 15) is 23.2 Å². The average molecular weight is 472 g/mol. The summed E-state index contributed by atoms with van der Waals surface area (Å²) in [6, 6.07) is 14.5. The number of halogens is 2. The first-order chi connectivity index (χ1) is 16.3. The Balaban J connectivity index is 1.41. The lowest BCUT2D eigenvalue weighted by atomic mass is 9.98. The normalized spacial score (nSPS) is 17.9. The zero-order valence-electron chi connectivity index (χ0n) is 18.5. The number of ether oxygens (including phenoxy) is 1. The van der Waals surface area contributed by atoms with E-state index >= 15 is 0 Å². The van der Waals surface area contributed by atoms with Crippen LogP contribution in [0.1, 0.15) is 36.3 Å². The van der Waals surface area contributed by atoms with Gasteiger partial charge in [-0.15, -0.1) is 0 Å². The number of carboxylic acids is 1. The van der Waals surface area contributed by atoms with Crippen molar-refractivity contribution in [2.24, 2.45) is 5.92 Å². The lowest BCUT2D eigenvalue weighted by Crippen LogP contribution is -2.48. The molecule has 2 N–H and O–H groups in total. The quantitative estimate of drug-likeness (QED) is 0.608. The van der Waals surface area contributed by atoms with E-state index in [-0.39, 0.29) is 44.9 Å². The topological polar surface area (TPSA) is 95.9 Å². The Morgan fingerprint density at radius 1 is 1.06 bits per heavy atom. The zero-order valence-corrected chi connectivity index (χ0v) is 18.5. The van der Waals surface area contributed by atoms with Gasteiger partial charge >= 0.3 is 12.1 Å². The molecule has 2 unspecified atom stereocenters. The first kappa shape index (κ1) is 23.7. The highest BCUT2D eigenvalue weighted by atomic mass is 19.3. The van der Waals surface area contributed by atoms with E-state index in [4.69, 9.17) is 9.84 Å². The minimum absolute atomic E-state index is 0.0386. The summed E-state index contributed by atoms with van der Waals surface area (Å²) in [6.45, 7) is 0.0626. The number of nitrogens with one attached hydrogen (secondary N) is 1. The first-order valence-corrected chi connectivity index (χ1v) is 11.3. The average Bonchev–Trinajstić information content (AvgIpc) is 3.44. The van der Waals surface area contributed by atoms with Crippen LogP contribution in [0.15, 0.2) is 48.5 Å². The Bertz CT molecular complexity index is 1030. The SMILES string of the molecule is O=C(O)CCC(NC(=O)OCC1c2ccccc2-c2ccccc21)C(=O)N1CCC(C(F)F)C1. The van der Waals surface area contributed by atoms with E-state index in [1.54, 1.807) is 0 Å². The van der Waals surface area contributed by atoms with Gasteiger partial charge in [-0.25, -0.2) is 13.6 Å². The van der Waals surface area contributed by atoms with Crippen LogP contribution in [0.2, 0.25) is 0 Å². The lowest BCUT2D eigenvalue weighted by molar-refractivity contribution is -0.137. The summed E-state index contributed by atoms with van der Waals surface area (Å²) in [5, 5.41) is 11.5. The zero-order chi connectivity index (χ0) is 24.2. The van der Waals surface area contributed by atoms with Crippen LogP contribution in [0.25, 0.3) is 11.1 Å². The number of aliphatic carboxylic acids is 1. The smallest absolute Gasteiger partial charge is 0.407 e. The monoisotopic (exact) mass is 472 g/mol. The van der Waals surface area contributed by atoms with Gasteiger partial charge in [0.25, 0.3) is 0 Å². The molecule has 0 radical (unpaired) electrons. The van der Waals surface area contributed by atoms with Crippen molar-refractivity contribution in [2.75, 3.05) is 19.7 Å². The van der Waals surface area contributed by atoms with Crippen LogP contribution in [0.3, 0.4) is 0 Å². The maximum atomic E-state index is 13.0. The molecule has 9 heteroatoms. The molecule has 2 atom stereocenters. The summed E-state index contributed by atoms with van der Waals surface area (Å²) < 4.78 is 31.5. The van der Waals surface area contributed by atoms with Crippen molar-refractivity contribution < 1.29 is 33.0 Å². The highest BCUT2D eigenvalue weighted by Gasteiger charge is 2.36. The number of amides is 2. The summed E-state index contributed by atoms with van der Waals surface area (Å²) in [5.41, 5.74) is 4.21. The highest BCUT2D eigenvalue weighted by molar-refractivity contribution is 5.86. The van der Waals surface area contributed by atoms with Crippen molar-refractivity contribution in [3.63, 3.8) is 0 Å². The number of carboxylic acid groups (broad SMARTS) is 1. The predicted octanol–water partition coefficient (Wildman–Crippen LogP) is 3.87. The molecule has 2 aromatic carbocycles. The first-order valence-electron chi connectivity index (χ1n) is 11.3. The van der Waals surface area contributed by atoms with Crippen molar-refractivity contribution in [1.82, 2.24) is 10.2 Å². The second-order valence-electron chi connectivity index (χ2n) is 8.62. The number of rotatable bonds is 8. The molecule has 7 nitrogen and oxygen atoms in total. The van der Waals surface area contributed by atoms with Crippen LogP contribution in [0, 0.1) is 5.92 Å². The van der Waals surface area contributed by atoms with Gasteiger partial charge in [0.15, 0.2) is 0 Å². The van der Waals surface area contributed by atoms with E-state index in [1.807, 2.05) is 48.5 Å². The molecule has 2 aliphatic rings. The summed E-state index contributed by atoms with van der Waals surface area (Å²) in [5.74, 6) is -2.79. The number of hydrogen-bond donors (Lipinski definition) is 2. The number of carbonyl (C=O) groups excluding carboxylic acids is 2. The summed E-state index contributed by atoms with van der Waals surface area (Å²) >= 11 is 0. The molecule has 1 aliphatic heterocycles. The molecular weight excluding hydrogens is 446 g/mol. The summed E-state index contributed by atoms with van der Waals surface area (Å²) in [4.78, 5) is 37.8. The number of hydrogen-bond acceptors (Lipinski definition) is 4. The van der Waals surface area contributed by atoms with Gasteiger partial charge in [0.1, 0.15) is 12.6 Å². The number of likely N-dealkylation sites (tertiary alicyclic amines) is 1. The Kier molecular flexibility index (Phi) is 7.09. The van der Waals surface area contributed by atoms with E-state index in [2.05, 4.69) is 5.32 Å². The number of alkyl halides is 2. The largest absolute Gasteiger partial charge is 0.481 e. The van der Waals surface area contributed by atoms with Crippen LogP contribution in [-0.4, -0.2) is 60.1 Å². The van der Waals surface area contributed by atoms with Gasteiger partial charge in [0.05, 0.1) is 0 Å². The number of fused-ring (bicyclic) bond motifs is 3.